The third kappa shape index (κ3) is 36.9. The largest absolute Gasteiger partial charge is 0.457 e. The minimum absolute atomic E-state index is 0.177. The van der Waals surface area contributed by atoms with E-state index in [-0.39, 0.29) is 12.6 Å². The van der Waals surface area contributed by atoms with Gasteiger partial charge in [-0.25, -0.2) is 0 Å². The summed E-state index contributed by atoms with van der Waals surface area (Å²) < 4.78 is 11.1. The second-order valence-electron chi connectivity index (χ2n) is 13.0. The summed E-state index contributed by atoms with van der Waals surface area (Å²) >= 11 is 0. The minimum Gasteiger partial charge on any atom is -0.457 e. The van der Waals surface area contributed by atoms with Gasteiger partial charge in [0.1, 0.15) is 6.10 Å². The number of carbonyl (C=O) groups excluding carboxylic acids is 1. The van der Waals surface area contributed by atoms with Gasteiger partial charge in [-0.2, -0.15) is 0 Å². The number of esters is 1. The van der Waals surface area contributed by atoms with Crippen LogP contribution in [0.4, 0.5) is 0 Å². The molecule has 0 spiro atoms. The molecule has 0 saturated carbocycles. The van der Waals surface area contributed by atoms with Gasteiger partial charge in [-0.15, -0.1) is 0 Å². The van der Waals surface area contributed by atoms with Gasteiger partial charge in [-0.05, 0) is 44.9 Å². The Bertz CT molecular complexity index is 668. The molecule has 1 unspecified atom stereocenters. The van der Waals surface area contributed by atoms with Crippen LogP contribution in [-0.2, 0) is 14.3 Å². The van der Waals surface area contributed by atoms with Crippen LogP contribution in [0.2, 0.25) is 0 Å². The molecule has 0 heterocycles. The van der Waals surface area contributed by atoms with E-state index in [9.17, 15) is 9.90 Å². The number of aliphatic hydroxyl groups excluding tert-OH is 1. The third-order valence-corrected chi connectivity index (χ3v) is 8.48. The van der Waals surface area contributed by atoms with Gasteiger partial charge in [0, 0.05) is 13.0 Å². The Morgan fingerprint density at radius 2 is 1.00 bits per heavy atom. The van der Waals surface area contributed by atoms with Gasteiger partial charge in [-0.3, -0.25) is 4.79 Å². The van der Waals surface area contributed by atoms with Crippen molar-refractivity contribution in [1.29, 1.82) is 0 Å². The lowest BCUT2D eigenvalue weighted by molar-refractivity contribution is -0.154. The molecule has 0 saturated heterocycles. The Kier molecular flexibility index (Phi) is 37.6. The van der Waals surface area contributed by atoms with Crippen molar-refractivity contribution in [3.63, 3.8) is 0 Å². The molecule has 264 valence electrons. The Hall–Kier alpha value is -1.39. The molecule has 0 aromatic carbocycles. The van der Waals surface area contributed by atoms with Crippen molar-refractivity contribution in [2.24, 2.45) is 0 Å². The van der Waals surface area contributed by atoms with Gasteiger partial charge in [-0.1, -0.05) is 179 Å². The second kappa shape index (κ2) is 38.8. The van der Waals surface area contributed by atoms with Crippen molar-refractivity contribution in [1.82, 2.24) is 0 Å². The van der Waals surface area contributed by atoms with Crippen LogP contribution in [0.3, 0.4) is 0 Å². The lowest BCUT2D eigenvalue weighted by Gasteiger charge is -2.15. The summed E-state index contributed by atoms with van der Waals surface area (Å²) in [5, 5.41) is 9.57. The highest BCUT2D eigenvalue weighted by molar-refractivity contribution is 5.69. The number of allylic oxidation sites excluding steroid dienone is 6. The van der Waals surface area contributed by atoms with Crippen LogP contribution in [0.1, 0.15) is 194 Å². The molecule has 4 nitrogen and oxygen atoms in total. The van der Waals surface area contributed by atoms with E-state index in [1.54, 1.807) is 0 Å². The van der Waals surface area contributed by atoms with Gasteiger partial charge in [0.25, 0.3) is 0 Å². The first-order valence-corrected chi connectivity index (χ1v) is 19.6. The highest BCUT2D eigenvalue weighted by Crippen LogP contribution is 2.15. The van der Waals surface area contributed by atoms with E-state index >= 15 is 0 Å². The molecule has 0 fully saturated rings. The van der Waals surface area contributed by atoms with Crippen molar-refractivity contribution in [3.05, 3.63) is 36.5 Å². The molecule has 0 bridgehead atoms. The van der Waals surface area contributed by atoms with Crippen LogP contribution in [0.25, 0.3) is 0 Å². The van der Waals surface area contributed by atoms with Crippen LogP contribution in [-0.4, -0.2) is 37.0 Å². The number of hydrogen-bond acceptors (Lipinski definition) is 4. The molecule has 0 amide bonds. The quantitative estimate of drug-likeness (QED) is 0.0424. The maximum absolute atomic E-state index is 12.1. The van der Waals surface area contributed by atoms with E-state index in [0.29, 0.717) is 19.6 Å². The molecule has 45 heavy (non-hydrogen) atoms. The van der Waals surface area contributed by atoms with Crippen molar-refractivity contribution in [3.8, 4) is 0 Å². The van der Waals surface area contributed by atoms with E-state index in [4.69, 9.17) is 9.47 Å². The zero-order valence-electron chi connectivity index (χ0n) is 30.1. The number of unbranched alkanes of at least 4 members (excludes halogenated alkanes) is 22. The molecular weight excluding hydrogens is 556 g/mol. The van der Waals surface area contributed by atoms with Gasteiger partial charge in [0.15, 0.2) is 0 Å². The summed E-state index contributed by atoms with van der Waals surface area (Å²) in [6.45, 7) is 5.24. The first-order chi connectivity index (χ1) is 22.2. The predicted octanol–water partition coefficient (Wildman–Crippen LogP) is 12.5. The number of ether oxygens (including phenoxy) is 2. The second-order valence-corrected chi connectivity index (χ2v) is 13.0. The van der Waals surface area contributed by atoms with E-state index in [0.717, 1.165) is 51.4 Å². The van der Waals surface area contributed by atoms with E-state index in [1.165, 1.54) is 122 Å². The molecular formula is C41H76O4. The Morgan fingerprint density at radius 3 is 1.51 bits per heavy atom. The number of aliphatic hydroxyl groups is 1. The normalized spacial score (nSPS) is 12.7. The Labute approximate surface area is 280 Å². The molecule has 0 aliphatic carbocycles. The number of carbonyl (C=O) groups is 1. The number of rotatable bonds is 36. The SMILES string of the molecule is CC/C=C\C/C=C\C/C=C\CCCCCCCC(=O)OC(CO)COCCCCCCCCCCCCCCCCCCCC. The Morgan fingerprint density at radius 1 is 0.556 bits per heavy atom. The summed E-state index contributed by atoms with van der Waals surface area (Å²) in [4.78, 5) is 12.1. The van der Waals surface area contributed by atoms with E-state index in [1.807, 2.05) is 0 Å². The molecule has 0 aliphatic rings. The lowest BCUT2D eigenvalue weighted by Crippen LogP contribution is -2.27. The summed E-state index contributed by atoms with van der Waals surface area (Å²) in [5.74, 6) is -0.216. The van der Waals surface area contributed by atoms with Gasteiger partial charge in [0.05, 0.1) is 13.2 Å². The summed E-state index contributed by atoms with van der Waals surface area (Å²) in [6.07, 6.45) is 47.6. The average Bonchev–Trinajstić information content (AvgIpc) is 3.05. The predicted molar refractivity (Wildman–Crippen MR) is 196 cm³/mol. The molecule has 0 rings (SSSR count). The van der Waals surface area contributed by atoms with Crippen LogP contribution in [0.15, 0.2) is 36.5 Å². The molecule has 0 aliphatic heterocycles. The zero-order valence-corrected chi connectivity index (χ0v) is 30.1. The molecule has 4 heteroatoms. The van der Waals surface area contributed by atoms with E-state index in [2.05, 4.69) is 50.3 Å². The Balaban J connectivity index is 3.43. The standard InChI is InChI=1S/C41H76O4/c1-3-5-7-9-11-13-15-17-19-20-21-23-25-27-29-31-33-35-37-44-39-40(38-42)45-41(43)36-34-32-30-28-26-24-22-18-16-14-12-10-8-6-4-2/h6,8,12,14,18,22,40,42H,3-5,7,9-11,13,15-17,19-21,23-39H2,1-2H3/b8-6-,14-12-,22-18-. The first-order valence-electron chi connectivity index (χ1n) is 19.6. The molecule has 0 aromatic rings. The molecule has 0 radical (unpaired) electrons. The highest BCUT2D eigenvalue weighted by atomic mass is 16.6. The van der Waals surface area contributed by atoms with Crippen LogP contribution < -0.4 is 0 Å². The monoisotopic (exact) mass is 633 g/mol. The van der Waals surface area contributed by atoms with Gasteiger partial charge >= 0.3 is 5.97 Å². The van der Waals surface area contributed by atoms with Crippen molar-refractivity contribution in [2.75, 3.05) is 19.8 Å². The number of hydrogen-bond donors (Lipinski definition) is 1. The summed E-state index contributed by atoms with van der Waals surface area (Å²) in [7, 11) is 0. The fourth-order valence-electron chi connectivity index (χ4n) is 5.58. The van der Waals surface area contributed by atoms with Crippen molar-refractivity contribution >= 4 is 5.97 Å². The molecule has 1 N–H and O–H groups in total. The maximum atomic E-state index is 12.1. The summed E-state index contributed by atoms with van der Waals surface area (Å²) in [6, 6.07) is 0. The average molecular weight is 633 g/mol. The van der Waals surface area contributed by atoms with Crippen molar-refractivity contribution < 1.29 is 19.4 Å². The topological polar surface area (TPSA) is 55.8 Å². The smallest absolute Gasteiger partial charge is 0.306 e. The zero-order chi connectivity index (χ0) is 32.7. The van der Waals surface area contributed by atoms with Crippen LogP contribution >= 0.6 is 0 Å². The highest BCUT2D eigenvalue weighted by Gasteiger charge is 2.13. The first kappa shape index (κ1) is 43.6. The fraction of sp³-hybridized carbons (Fsp3) is 0.829. The van der Waals surface area contributed by atoms with Gasteiger partial charge in [0.2, 0.25) is 0 Å². The van der Waals surface area contributed by atoms with Crippen LogP contribution in [0, 0.1) is 0 Å². The molecule has 0 aromatic heterocycles. The van der Waals surface area contributed by atoms with Gasteiger partial charge < -0.3 is 14.6 Å². The minimum atomic E-state index is -0.539. The maximum Gasteiger partial charge on any atom is 0.306 e. The fourth-order valence-corrected chi connectivity index (χ4v) is 5.58. The third-order valence-electron chi connectivity index (χ3n) is 8.48. The van der Waals surface area contributed by atoms with E-state index < -0.39 is 6.10 Å². The lowest BCUT2D eigenvalue weighted by atomic mass is 10.0. The van der Waals surface area contributed by atoms with Crippen molar-refractivity contribution in [2.45, 2.75) is 200 Å². The van der Waals surface area contributed by atoms with Crippen LogP contribution in [0.5, 0.6) is 0 Å². The molecule has 1 atom stereocenters. The summed E-state index contributed by atoms with van der Waals surface area (Å²) in [5.41, 5.74) is 0.